The SMILES string of the molecule is CCOC(=O)Nc1ccc2c(CN3C(=O)NC4(CCCCC4)C3=O)cc(=O)oc2c1. The van der Waals surface area contributed by atoms with Gasteiger partial charge in [0, 0.05) is 23.2 Å². The lowest BCUT2D eigenvalue weighted by atomic mass is 9.82. The third kappa shape index (κ3) is 3.62. The van der Waals surface area contributed by atoms with Crippen LogP contribution in [-0.2, 0) is 16.1 Å². The van der Waals surface area contributed by atoms with Crippen LogP contribution >= 0.6 is 0 Å². The molecule has 1 saturated carbocycles. The predicted molar refractivity (Wildman–Crippen MR) is 108 cm³/mol. The van der Waals surface area contributed by atoms with E-state index in [0.29, 0.717) is 29.5 Å². The van der Waals surface area contributed by atoms with Crippen LogP contribution in [0.15, 0.2) is 33.5 Å². The highest BCUT2D eigenvalue weighted by atomic mass is 16.5. The van der Waals surface area contributed by atoms with E-state index in [1.165, 1.54) is 17.0 Å². The smallest absolute Gasteiger partial charge is 0.411 e. The molecule has 1 saturated heterocycles. The van der Waals surface area contributed by atoms with Crippen molar-refractivity contribution in [1.82, 2.24) is 10.2 Å². The molecule has 0 radical (unpaired) electrons. The van der Waals surface area contributed by atoms with Crippen LogP contribution in [0.4, 0.5) is 15.3 Å². The van der Waals surface area contributed by atoms with E-state index < -0.39 is 23.3 Å². The molecular weight excluding hydrogens is 390 g/mol. The van der Waals surface area contributed by atoms with Crippen LogP contribution in [0.25, 0.3) is 11.0 Å². The second-order valence-corrected chi connectivity index (χ2v) is 7.61. The number of anilines is 1. The van der Waals surface area contributed by atoms with Gasteiger partial charge in [-0.15, -0.1) is 0 Å². The lowest BCUT2D eigenvalue weighted by molar-refractivity contribution is -0.132. The fraction of sp³-hybridized carbons (Fsp3) is 0.429. The van der Waals surface area contributed by atoms with E-state index in [2.05, 4.69) is 10.6 Å². The summed E-state index contributed by atoms with van der Waals surface area (Å²) in [6.45, 7) is 1.89. The van der Waals surface area contributed by atoms with Crippen molar-refractivity contribution in [1.29, 1.82) is 0 Å². The molecule has 2 heterocycles. The monoisotopic (exact) mass is 413 g/mol. The van der Waals surface area contributed by atoms with Crippen LogP contribution in [0.1, 0.15) is 44.6 Å². The van der Waals surface area contributed by atoms with E-state index in [4.69, 9.17) is 9.15 Å². The number of fused-ring (bicyclic) bond motifs is 1. The largest absolute Gasteiger partial charge is 0.450 e. The summed E-state index contributed by atoms with van der Waals surface area (Å²) in [6.07, 6.45) is 3.50. The Morgan fingerprint density at radius 3 is 2.70 bits per heavy atom. The summed E-state index contributed by atoms with van der Waals surface area (Å²) in [7, 11) is 0. The lowest BCUT2D eigenvalue weighted by Gasteiger charge is -2.30. The van der Waals surface area contributed by atoms with Crippen molar-refractivity contribution in [3.8, 4) is 0 Å². The Balaban J connectivity index is 1.62. The molecule has 0 bridgehead atoms. The van der Waals surface area contributed by atoms with Crippen LogP contribution in [-0.4, -0.2) is 35.1 Å². The van der Waals surface area contributed by atoms with Gasteiger partial charge in [0.15, 0.2) is 0 Å². The van der Waals surface area contributed by atoms with Crippen molar-refractivity contribution in [3.05, 3.63) is 40.2 Å². The molecule has 2 aromatic rings. The molecule has 1 aromatic heterocycles. The third-order valence-electron chi connectivity index (χ3n) is 5.63. The number of amides is 4. The lowest BCUT2D eigenvalue weighted by Crippen LogP contribution is -2.48. The molecule has 0 unspecified atom stereocenters. The first-order valence-corrected chi connectivity index (χ1v) is 10.1. The Morgan fingerprint density at radius 2 is 1.97 bits per heavy atom. The van der Waals surface area contributed by atoms with Gasteiger partial charge in [-0.1, -0.05) is 19.3 Å². The molecule has 30 heavy (non-hydrogen) atoms. The third-order valence-corrected chi connectivity index (χ3v) is 5.63. The maximum absolute atomic E-state index is 13.0. The molecule has 4 rings (SSSR count). The Hall–Kier alpha value is -3.36. The Bertz CT molecular complexity index is 1070. The first-order valence-electron chi connectivity index (χ1n) is 10.1. The summed E-state index contributed by atoms with van der Waals surface area (Å²) >= 11 is 0. The molecule has 9 nitrogen and oxygen atoms in total. The number of carbonyl (C=O) groups is 3. The molecule has 2 aliphatic rings. The van der Waals surface area contributed by atoms with Gasteiger partial charge in [-0.3, -0.25) is 15.0 Å². The zero-order valence-corrected chi connectivity index (χ0v) is 16.7. The van der Waals surface area contributed by atoms with Gasteiger partial charge < -0.3 is 14.5 Å². The molecule has 0 atom stereocenters. The summed E-state index contributed by atoms with van der Waals surface area (Å²) in [6, 6.07) is 5.66. The fourth-order valence-electron chi connectivity index (χ4n) is 4.21. The van der Waals surface area contributed by atoms with E-state index in [1.807, 2.05) is 0 Å². The molecule has 1 aromatic carbocycles. The Labute approximate surface area is 172 Å². The van der Waals surface area contributed by atoms with Crippen molar-refractivity contribution in [2.45, 2.75) is 51.1 Å². The highest BCUT2D eigenvalue weighted by Gasteiger charge is 2.51. The van der Waals surface area contributed by atoms with Crippen molar-refractivity contribution < 1.29 is 23.5 Å². The van der Waals surface area contributed by atoms with Crippen LogP contribution < -0.4 is 16.3 Å². The van der Waals surface area contributed by atoms with Crippen molar-refractivity contribution in [3.63, 3.8) is 0 Å². The summed E-state index contributed by atoms with van der Waals surface area (Å²) in [5, 5.41) is 6.00. The molecule has 2 fully saturated rings. The average molecular weight is 413 g/mol. The van der Waals surface area contributed by atoms with Gasteiger partial charge in [0.2, 0.25) is 0 Å². The molecule has 9 heteroatoms. The van der Waals surface area contributed by atoms with E-state index in [9.17, 15) is 19.2 Å². The van der Waals surface area contributed by atoms with E-state index in [0.717, 1.165) is 19.3 Å². The number of nitrogens with zero attached hydrogens (tertiary/aromatic N) is 1. The maximum Gasteiger partial charge on any atom is 0.411 e. The number of imide groups is 1. The first-order chi connectivity index (χ1) is 14.4. The summed E-state index contributed by atoms with van der Waals surface area (Å²) in [5.74, 6) is -0.241. The van der Waals surface area contributed by atoms with Gasteiger partial charge in [-0.05, 0) is 37.5 Å². The highest BCUT2D eigenvalue weighted by Crippen LogP contribution is 2.34. The standard InChI is InChI=1S/C21H23N3O6/c1-2-29-20(28)22-14-6-7-15-13(10-17(25)30-16(15)11-14)12-24-18(26)21(23-19(24)27)8-4-3-5-9-21/h6-7,10-11H,2-5,8-9,12H2,1H3,(H,22,28)(H,23,27). The second-order valence-electron chi connectivity index (χ2n) is 7.61. The van der Waals surface area contributed by atoms with E-state index in [1.54, 1.807) is 19.1 Å². The van der Waals surface area contributed by atoms with Crippen molar-refractivity contribution >= 4 is 34.7 Å². The van der Waals surface area contributed by atoms with Gasteiger partial charge in [-0.25, -0.2) is 14.4 Å². The van der Waals surface area contributed by atoms with Crippen LogP contribution in [0.3, 0.4) is 0 Å². The average Bonchev–Trinajstić information content (AvgIpc) is 2.92. The predicted octanol–water partition coefficient (Wildman–Crippen LogP) is 3.12. The van der Waals surface area contributed by atoms with E-state index >= 15 is 0 Å². The summed E-state index contributed by atoms with van der Waals surface area (Å²) in [5.41, 5.74) is -0.282. The number of ether oxygens (including phenoxy) is 1. The molecule has 4 amide bonds. The number of rotatable bonds is 4. The minimum Gasteiger partial charge on any atom is -0.450 e. The van der Waals surface area contributed by atoms with Crippen LogP contribution in [0, 0.1) is 0 Å². The van der Waals surface area contributed by atoms with Gasteiger partial charge in [0.05, 0.1) is 13.2 Å². The quantitative estimate of drug-likeness (QED) is 0.587. The molecule has 1 aliphatic heterocycles. The summed E-state index contributed by atoms with van der Waals surface area (Å²) < 4.78 is 10.1. The van der Waals surface area contributed by atoms with Gasteiger partial charge in [0.1, 0.15) is 11.1 Å². The molecule has 1 spiro atoms. The second kappa shape index (κ2) is 7.81. The number of carbonyl (C=O) groups excluding carboxylic acids is 3. The molecule has 158 valence electrons. The zero-order chi connectivity index (χ0) is 21.3. The van der Waals surface area contributed by atoms with Crippen molar-refractivity contribution in [2.75, 3.05) is 11.9 Å². The van der Waals surface area contributed by atoms with E-state index in [-0.39, 0.29) is 24.6 Å². The number of benzene rings is 1. The molecule has 2 N–H and O–H groups in total. The number of hydrogen-bond acceptors (Lipinski definition) is 6. The Kier molecular flexibility index (Phi) is 5.19. The molecular formula is C21H23N3O6. The number of urea groups is 1. The highest BCUT2D eigenvalue weighted by molar-refractivity contribution is 6.07. The van der Waals surface area contributed by atoms with Gasteiger partial charge in [0.25, 0.3) is 5.91 Å². The fourth-order valence-corrected chi connectivity index (χ4v) is 4.21. The first kappa shape index (κ1) is 19.9. The van der Waals surface area contributed by atoms with Crippen LogP contribution in [0.5, 0.6) is 0 Å². The number of hydrogen-bond donors (Lipinski definition) is 2. The molecule has 1 aliphatic carbocycles. The Morgan fingerprint density at radius 1 is 1.20 bits per heavy atom. The normalized spacial score (nSPS) is 18.0. The van der Waals surface area contributed by atoms with Crippen LogP contribution in [0.2, 0.25) is 0 Å². The van der Waals surface area contributed by atoms with Gasteiger partial charge >= 0.3 is 17.7 Å². The zero-order valence-electron chi connectivity index (χ0n) is 16.7. The summed E-state index contributed by atoms with van der Waals surface area (Å²) in [4.78, 5) is 50.5. The number of nitrogens with one attached hydrogen (secondary N) is 2. The van der Waals surface area contributed by atoms with Gasteiger partial charge in [-0.2, -0.15) is 0 Å². The topological polar surface area (TPSA) is 118 Å². The minimum absolute atomic E-state index is 0.0286. The minimum atomic E-state index is -0.818. The van der Waals surface area contributed by atoms with Crippen molar-refractivity contribution in [2.24, 2.45) is 0 Å². The maximum atomic E-state index is 13.0.